The van der Waals surface area contributed by atoms with Crippen molar-refractivity contribution in [3.63, 3.8) is 0 Å². The Balaban J connectivity index is 2.69. The second-order valence-electron chi connectivity index (χ2n) is 3.17. The van der Waals surface area contributed by atoms with Gasteiger partial charge >= 0.3 is 5.97 Å². The number of esters is 1. The molecule has 1 aromatic rings. The number of amides is 1. The van der Waals surface area contributed by atoms with E-state index in [1.807, 2.05) is 0 Å². The topological polar surface area (TPSA) is 68.3 Å². The first-order valence-corrected chi connectivity index (χ1v) is 5.21. The number of hydrogen-bond acceptors (Lipinski definition) is 5. The Morgan fingerprint density at radius 1 is 1.53 bits per heavy atom. The normalized spacial score (nSPS) is 10.1. The van der Waals surface area contributed by atoms with Crippen LogP contribution in [0, 0.1) is 5.92 Å². The number of hydrogen-bond donors (Lipinski definition) is 1. The highest BCUT2D eigenvalue weighted by atomic mass is 32.1. The molecule has 0 aromatic carbocycles. The lowest BCUT2D eigenvalue weighted by Gasteiger charge is -2.02. The van der Waals surface area contributed by atoms with Crippen molar-refractivity contribution in [2.45, 2.75) is 13.8 Å². The molecular formula is C9H12N2O3S. The molecule has 0 spiro atoms. The van der Waals surface area contributed by atoms with Crippen molar-refractivity contribution in [3.8, 4) is 0 Å². The molecule has 1 amide bonds. The summed E-state index contributed by atoms with van der Waals surface area (Å²) >= 11 is 1.09. The summed E-state index contributed by atoms with van der Waals surface area (Å²) in [5.41, 5.74) is 0. The van der Waals surface area contributed by atoms with Crippen molar-refractivity contribution in [3.05, 3.63) is 11.1 Å². The van der Waals surface area contributed by atoms with Crippen molar-refractivity contribution >= 4 is 28.3 Å². The molecule has 0 aliphatic rings. The van der Waals surface area contributed by atoms with Crippen LogP contribution in [-0.4, -0.2) is 24.0 Å². The van der Waals surface area contributed by atoms with Crippen molar-refractivity contribution in [2.75, 3.05) is 12.4 Å². The van der Waals surface area contributed by atoms with Crippen LogP contribution >= 0.6 is 11.3 Å². The molecule has 0 aliphatic carbocycles. The van der Waals surface area contributed by atoms with Gasteiger partial charge in [0.1, 0.15) is 4.88 Å². The van der Waals surface area contributed by atoms with E-state index in [4.69, 9.17) is 0 Å². The molecule has 0 fully saturated rings. The molecule has 0 saturated carbocycles. The number of carbonyl (C=O) groups is 2. The maximum Gasteiger partial charge on any atom is 0.349 e. The number of anilines is 1. The van der Waals surface area contributed by atoms with Crippen LogP contribution in [0.15, 0.2) is 6.20 Å². The second-order valence-corrected chi connectivity index (χ2v) is 4.20. The molecule has 0 unspecified atom stereocenters. The van der Waals surface area contributed by atoms with Crippen LogP contribution in [0.3, 0.4) is 0 Å². The van der Waals surface area contributed by atoms with E-state index in [2.05, 4.69) is 15.0 Å². The molecule has 1 rings (SSSR count). The summed E-state index contributed by atoms with van der Waals surface area (Å²) < 4.78 is 4.52. The van der Waals surface area contributed by atoms with Gasteiger partial charge < -0.3 is 10.1 Å². The zero-order valence-corrected chi connectivity index (χ0v) is 9.55. The Morgan fingerprint density at radius 3 is 2.73 bits per heavy atom. The molecule has 0 atom stereocenters. The largest absolute Gasteiger partial charge is 0.465 e. The summed E-state index contributed by atoms with van der Waals surface area (Å²) in [7, 11) is 1.30. The zero-order valence-electron chi connectivity index (χ0n) is 8.73. The van der Waals surface area contributed by atoms with Gasteiger partial charge in [0.2, 0.25) is 5.91 Å². The second kappa shape index (κ2) is 4.88. The van der Waals surface area contributed by atoms with Gasteiger partial charge in [-0.05, 0) is 0 Å². The average Bonchev–Trinajstić information content (AvgIpc) is 2.65. The Bertz CT molecular complexity index is 373. The Kier molecular flexibility index (Phi) is 3.79. The number of nitrogens with zero attached hydrogens (tertiary/aromatic N) is 1. The summed E-state index contributed by atoms with van der Waals surface area (Å²) in [6, 6.07) is 0. The molecule has 0 saturated heterocycles. The Hall–Kier alpha value is -1.43. The highest BCUT2D eigenvalue weighted by molar-refractivity contribution is 7.17. The van der Waals surface area contributed by atoms with Gasteiger partial charge in [-0.2, -0.15) is 0 Å². The number of ether oxygens (including phenoxy) is 1. The third-order valence-corrected chi connectivity index (χ3v) is 2.54. The van der Waals surface area contributed by atoms with Gasteiger partial charge in [0.05, 0.1) is 13.3 Å². The van der Waals surface area contributed by atoms with Gasteiger partial charge in [-0.1, -0.05) is 25.2 Å². The Morgan fingerprint density at radius 2 is 2.20 bits per heavy atom. The van der Waals surface area contributed by atoms with E-state index in [1.165, 1.54) is 13.3 Å². The highest BCUT2D eigenvalue weighted by Gasteiger charge is 2.13. The molecule has 15 heavy (non-hydrogen) atoms. The van der Waals surface area contributed by atoms with Crippen molar-refractivity contribution in [2.24, 2.45) is 5.92 Å². The van der Waals surface area contributed by atoms with E-state index in [0.29, 0.717) is 10.0 Å². The summed E-state index contributed by atoms with van der Waals surface area (Å²) in [4.78, 5) is 26.6. The maximum atomic E-state index is 11.3. The SMILES string of the molecule is COC(=O)c1cnc(NC(=O)C(C)C)s1. The predicted octanol–water partition coefficient (Wildman–Crippen LogP) is 1.52. The molecular weight excluding hydrogens is 216 g/mol. The van der Waals surface area contributed by atoms with Gasteiger partial charge in [-0.3, -0.25) is 4.79 Å². The third-order valence-electron chi connectivity index (χ3n) is 1.65. The summed E-state index contributed by atoms with van der Waals surface area (Å²) in [6.45, 7) is 3.56. The van der Waals surface area contributed by atoms with E-state index in [-0.39, 0.29) is 11.8 Å². The molecule has 6 heteroatoms. The third kappa shape index (κ3) is 3.02. The van der Waals surface area contributed by atoms with Crippen LogP contribution in [0.2, 0.25) is 0 Å². The van der Waals surface area contributed by atoms with Crippen molar-refractivity contribution < 1.29 is 14.3 Å². The minimum atomic E-state index is -0.447. The lowest BCUT2D eigenvalue weighted by atomic mass is 10.2. The molecule has 5 nitrogen and oxygen atoms in total. The summed E-state index contributed by atoms with van der Waals surface area (Å²) in [5, 5.41) is 3.01. The minimum absolute atomic E-state index is 0.115. The lowest BCUT2D eigenvalue weighted by Crippen LogP contribution is -2.17. The number of aromatic nitrogens is 1. The molecule has 0 radical (unpaired) electrons. The highest BCUT2D eigenvalue weighted by Crippen LogP contribution is 2.19. The molecule has 82 valence electrons. The molecule has 0 aliphatic heterocycles. The van der Waals surface area contributed by atoms with Crippen LogP contribution in [-0.2, 0) is 9.53 Å². The smallest absolute Gasteiger partial charge is 0.349 e. The zero-order chi connectivity index (χ0) is 11.4. The number of rotatable bonds is 3. The lowest BCUT2D eigenvalue weighted by molar-refractivity contribution is -0.118. The monoisotopic (exact) mass is 228 g/mol. The van der Waals surface area contributed by atoms with Crippen LogP contribution in [0.5, 0.6) is 0 Å². The number of thiazole rings is 1. The van der Waals surface area contributed by atoms with Gasteiger partial charge in [0, 0.05) is 5.92 Å². The molecule has 1 heterocycles. The summed E-state index contributed by atoms with van der Waals surface area (Å²) in [6.07, 6.45) is 1.38. The van der Waals surface area contributed by atoms with Gasteiger partial charge in [0.25, 0.3) is 0 Å². The first-order valence-electron chi connectivity index (χ1n) is 4.39. The van der Waals surface area contributed by atoms with E-state index >= 15 is 0 Å². The fourth-order valence-corrected chi connectivity index (χ4v) is 1.51. The fourth-order valence-electron chi connectivity index (χ4n) is 0.777. The van der Waals surface area contributed by atoms with Gasteiger partial charge in [-0.25, -0.2) is 9.78 Å². The minimum Gasteiger partial charge on any atom is -0.465 e. The van der Waals surface area contributed by atoms with Crippen molar-refractivity contribution in [1.82, 2.24) is 4.98 Å². The number of carbonyl (C=O) groups excluding carboxylic acids is 2. The Labute approximate surface area is 91.5 Å². The molecule has 0 bridgehead atoms. The van der Waals surface area contributed by atoms with E-state index in [0.717, 1.165) is 11.3 Å². The van der Waals surface area contributed by atoms with E-state index < -0.39 is 5.97 Å². The van der Waals surface area contributed by atoms with E-state index in [9.17, 15) is 9.59 Å². The average molecular weight is 228 g/mol. The molecule has 1 N–H and O–H groups in total. The first kappa shape index (κ1) is 11.6. The predicted molar refractivity (Wildman–Crippen MR) is 56.9 cm³/mol. The van der Waals surface area contributed by atoms with Gasteiger partial charge in [0.15, 0.2) is 5.13 Å². The van der Waals surface area contributed by atoms with Crippen molar-refractivity contribution in [1.29, 1.82) is 0 Å². The quantitative estimate of drug-likeness (QED) is 0.796. The number of methoxy groups -OCH3 is 1. The van der Waals surface area contributed by atoms with Crippen LogP contribution in [0.1, 0.15) is 23.5 Å². The molecule has 1 aromatic heterocycles. The van der Waals surface area contributed by atoms with Gasteiger partial charge in [-0.15, -0.1) is 0 Å². The van der Waals surface area contributed by atoms with E-state index in [1.54, 1.807) is 13.8 Å². The number of nitrogens with one attached hydrogen (secondary N) is 1. The first-order chi connectivity index (χ1) is 7.04. The van der Waals surface area contributed by atoms with Crippen LogP contribution in [0.4, 0.5) is 5.13 Å². The summed E-state index contributed by atoms with van der Waals surface area (Å²) in [5.74, 6) is -0.686. The maximum absolute atomic E-state index is 11.3. The van der Waals surface area contributed by atoms with Crippen LogP contribution < -0.4 is 5.32 Å². The standard InChI is InChI=1S/C9H12N2O3S/c1-5(2)7(12)11-9-10-4-6(15-9)8(13)14-3/h4-5H,1-3H3,(H,10,11,12). The van der Waals surface area contributed by atoms with Crippen LogP contribution in [0.25, 0.3) is 0 Å². The fraction of sp³-hybridized carbons (Fsp3) is 0.444.